The van der Waals surface area contributed by atoms with Gasteiger partial charge in [0.05, 0.1) is 0 Å². The van der Waals surface area contributed by atoms with E-state index in [9.17, 15) is 0 Å². The lowest BCUT2D eigenvalue weighted by Crippen LogP contribution is -2.31. The minimum Gasteiger partial charge on any atom is -0.360 e. The van der Waals surface area contributed by atoms with E-state index in [0.717, 1.165) is 31.1 Å². The van der Waals surface area contributed by atoms with E-state index in [0.29, 0.717) is 5.92 Å². The molecule has 0 saturated carbocycles. The smallest absolute Gasteiger partial charge is 0.145 e. The van der Waals surface area contributed by atoms with Crippen molar-refractivity contribution < 1.29 is 4.52 Å². The van der Waals surface area contributed by atoms with E-state index < -0.39 is 0 Å². The molecule has 0 spiro atoms. The first-order valence-electron chi connectivity index (χ1n) is 5.71. The summed E-state index contributed by atoms with van der Waals surface area (Å²) in [6.45, 7) is 4.14. The van der Waals surface area contributed by atoms with Crippen molar-refractivity contribution in [3.05, 3.63) is 17.0 Å². The SMILES string of the molecule is CN1CCCC(c2onc3c2CNC3)C1. The Hall–Kier alpha value is -0.870. The fourth-order valence-electron chi connectivity index (χ4n) is 2.69. The van der Waals surface area contributed by atoms with Crippen LogP contribution in [0.3, 0.4) is 0 Å². The largest absolute Gasteiger partial charge is 0.360 e. The maximum Gasteiger partial charge on any atom is 0.145 e. The molecule has 1 aromatic rings. The van der Waals surface area contributed by atoms with Gasteiger partial charge in [-0.3, -0.25) is 0 Å². The average molecular weight is 207 g/mol. The van der Waals surface area contributed by atoms with Crippen LogP contribution in [0.1, 0.15) is 35.8 Å². The molecule has 0 aromatic carbocycles. The van der Waals surface area contributed by atoms with Gasteiger partial charge in [-0.05, 0) is 26.4 Å². The molecule has 1 saturated heterocycles. The molecule has 1 fully saturated rings. The minimum absolute atomic E-state index is 0.555. The minimum atomic E-state index is 0.555. The Morgan fingerprint density at radius 2 is 2.40 bits per heavy atom. The van der Waals surface area contributed by atoms with Gasteiger partial charge in [0.2, 0.25) is 0 Å². The molecule has 82 valence electrons. The Bertz CT molecular complexity index is 361. The second-order valence-corrected chi connectivity index (χ2v) is 4.68. The zero-order chi connectivity index (χ0) is 10.3. The van der Waals surface area contributed by atoms with Crippen molar-refractivity contribution in [2.75, 3.05) is 20.1 Å². The van der Waals surface area contributed by atoms with Gasteiger partial charge in [-0.25, -0.2) is 0 Å². The van der Waals surface area contributed by atoms with Gasteiger partial charge in [0, 0.05) is 31.1 Å². The van der Waals surface area contributed by atoms with E-state index in [1.54, 1.807) is 0 Å². The van der Waals surface area contributed by atoms with Crippen LogP contribution in [-0.2, 0) is 13.1 Å². The third-order valence-electron chi connectivity index (χ3n) is 3.49. The predicted molar refractivity (Wildman–Crippen MR) is 56.5 cm³/mol. The number of likely N-dealkylation sites (tertiary alicyclic amines) is 1. The van der Waals surface area contributed by atoms with Gasteiger partial charge in [0.25, 0.3) is 0 Å². The summed E-state index contributed by atoms with van der Waals surface area (Å²) in [5, 5.41) is 7.46. The second kappa shape index (κ2) is 3.61. The van der Waals surface area contributed by atoms with Gasteiger partial charge in [-0.2, -0.15) is 0 Å². The summed E-state index contributed by atoms with van der Waals surface area (Å²) in [5.74, 6) is 1.70. The number of piperidine rings is 1. The van der Waals surface area contributed by atoms with E-state index in [2.05, 4.69) is 22.4 Å². The van der Waals surface area contributed by atoms with Gasteiger partial charge in [0.1, 0.15) is 11.5 Å². The van der Waals surface area contributed by atoms with Gasteiger partial charge >= 0.3 is 0 Å². The standard InChI is InChI=1S/C11H17N3O/c1-14-4-2-3-8(7-14)11-9-5-12-6-10(9)13-15-11/h8,12H,2-7H2,1H3. The van der Waals surface area contributed by atoms with Crippen LogP contribution in [0.15, 0.2) is 4.52 Å². The van der Waals surface area contributed by atoms with Crippen molar-refractivity contribution in [3.63, 3.8) is 0 Å². The van der Waals surface area contributed by atoms with Gasteiger partial charge < -0.3 is 14.7 Å². The van der Waals surface area contributed by atoms with Crippen LogP contribution in [0, 0.1) is 0 Å². The maximum atomic E-state index is 5.51. The molecule has 4 heteroatoms. The number of hydrogen-bond donors (Lipinski definition) is 1. The lowest BCUT2D eigenvalue weighted by Gasteiger charge is -2.28. The third-order valence-corrected chi connectivity index (χ3v) is 3.49. The van der Waals surface area contributed by atoms with Crippen LogP contribution in [-0.4, -0.2) is 30.2 Å². The van der Waals surface area contributed by atoms with Crippen molar-refractivity contribution in [2.24, 2.45) is 0 Å². The van der Waals surface area contributed by atoms with E-state index in [1.807, 2.05) is 0 Å². The van der Waals surface area contributed by atoms with Crippen molar-refractivity contribution in [1.29, 1.82) is 0 Å². The molecule has 4 nitrogen and oxygen atoms in total. The summed E-state index contributed by atoms with van der Waals surface area (Å²) >= 11 is 0. The molecule has 1 N–H and O–H groups in total. The monoisotopic (exact) mass is 207 g/mol. The molecule has 1 unspecified atom stereocenters. The first-order valence-corrected chi connectivity index (χ1v) is 5.71. The summed E-state index contributed by atoms with van der Waals surface area (Å²) in [6, 6.07) is 0. The van der Waals surface area contributed by atoms with Crippen molar-refractivity contribution in [1.82, 2.24) is 15.4 Å². The number of nitrogens with one attached hydrogen (secondary N) is 1. The summed E-state index contributed by atoms with van der Waals surface area (Å²) in [5.41, 5.74) is 2.45. The lowest BCUT2D eigenvalue weighted by atomic mass is 9.93. The number of aromatic nitrogens is 1. The van der Waals surface area contributed by atoms with E-state index >= 15 is 0 Å². The summed E-state index contributed by atoms with van der Waals surface area (Å²) in [4.78, 5) is 2.38. The van der Waals surface area contributed by atoms with Crippen molar-refractivity contribution in [2.45, 2.75) is 31.8 Å². The Balaban J connectivity index is 1.85. The summed E-state index contributed by atoms with van der Waals surface area (Å²) in [6.07, 6.45) is 2.51. The Morgan fingerprint density at radius 3 is 3.27 bits per heavy atom. The summed E-state index contributed by atoms with van der Waals surface area (Å²) in [7, 11) is 2.18. The number of hydrogen-bond acceptors (Lipinski definition) is 4. The first kappa shape index (κ1) is 9.36. The van der Waals surface area contributed by atoms with Crippen LogP contribution >= 0.6 is 0 Å². The number of rotatable bonds is 1. The zero-order valence-electron chi connectivity index (χ0n) is 9.12. The Kier molecular flexibility index (Phi) is 2.25. The van der Waals surface area contributed by atoms with Crippen LogP contribution in [0.25, 0.3) is 0 Å². The van der Waals surface area contributed by atoms with E-state index in [4.69, 9.17) is 4.52 Å². The molecule has 3 rings (SSSR count). The van der Waals surface area contributed by atoms with Crippen molar-refractivity contribution >= 4 is 0 Å². The molecule has 15 heavy (non-hydrogen) atoms. The molecule has 0 aliphatic carbocycles. The van der Waals surface area contributed by atoms with Gasteiger partial charge in [0.15, 0.2) is 0 Å². The zero-order valence-corrected chi connectivity index (χ0v) is 9.12. The highest BCUT2D eigenvalue weighted by Crippen LogP contribution is 2.31. The normalized spacial score (nSPS) is 26.9. The second-order valence-electron chi connectivity index (χ2n) is 4.68. The molecule has 2 aliphatic heterocycles. The molecular formula is C11H17N3O. The lowest BCUT2D eigenvalue weighted by molar-refractivity contribution is 0.222. The van der Waals surface area contributed by atoms with Gasteiger partial charge in [-0.1, -0.05) is 5.16 Å². The van der Waals surface area contributed by atoms with E-state index in [1.165, 1.54) is 24.9 Å². The maximum absolute atomic E-state index is 5.51. The van der Waals surface area contributed by atoms with E-state index in [-0.39, 0.29) is 0 Å². The molecular weight excluding hydrogens is 190 g/mol. The number of likely N-dealkylation sites (N-methyl/N-ethyl adjacent to an activating group) is 1. The number of nitrogens with zero attached hydrogens (tertiary/aromatic N) is 2. The highest BCUT2D eigenvalue weighted by atomic mass is 16.5. The van der Waals surface area contributed by atoms with Gasteiger partial charge in [-0.15, -0.1) is 0 Å². The first-order chi connectivity index (χ1) is 7.34. The van der Waals surface area contributed by atoms with Crippen molar-refractivity contribution in [3.8, 4) is 0 Å². The van der Waals surface area contributed by atoms with Crippen LogP contribution < -0.4 is 5.32 Å². The predicted octanol–water partition coefficient (Wildman–Crippen LogP) is 1.09. The van der Waals surface area contributed by atoms with Crippen LogP contribution in [0.4, 0.5) is 0 Å². The average Bonchev–Trinajstić information content (AvgIpc) is 2.77. The molecule has 2 aliphatic rings. The molecule has 0 amide bonds. The quantitative estimate of drug-likeness (QED) is 0.748. The molecule has 0 bridgehead atoms. The highest BCUT2D eigenvalue weighted by molar-refractivity contribution is 5.29. The number of fused-ring (bicyclic) bond motifs is 1. The Morgan fingerprint density at radius 1 is 1.47 bits per heavy atom. The van der Waals surface area contributed by atoms with Crippen LogP contribution in [0.5, 0.6) is 0 Å². The molecule has 0 radical (unpaired) electrons. The molecule has 3 heterocycles. The molecule has 1 atom stereocenters. The fraction of sp³-hybridized carbons (Fsp3) is 0.727. The topological polar surface area (TPSA) is 41.3 Å². The molecule has 1 aromatic heterocycles. The fourth-order valence-corrected chi connectivity index (χ4v) is 2.69. The Labute approximate surface area is 89.6 Å². The highest BCUT2D eigenvalue weighted by Gasteiger charge is 2.28. The third kappa shape index (κ3) is 1.58. The summed E-state index contributed by atoms with van der Waals surface area (Å²) < 4.78 is 5.51. The van der Waals surface area contributed by atoms with Crippen LogP contribution in [0.2, 0.25) is 0 Å².